The SMILES string of the molecule is CC[C@H](C)[C@H](NC(=O)CNC(=O)[C@H](CC(N)=O)NC(=O)[C@H](CCCN=C(N)N)NC(=O)[C@@H](N)CC(=O)O)C(=O)N[C@@H](CS)C(=O)N[C@@H](CCCCN)C(=O)NCC(=O)O. The van der Waals surface area contributed by atoms with Crippen molar-refractivity contribution in [1.29, 1.82) is 0 Å². The molecule has 0 aromatic carbocycles. The molecule has 0 spiro atoms. The Bertz CT molecular complexity index is 1510. The predicted octanol–water partition coefficient (Wildman–Crippen LogP) is -6.44. The molecule has 0 unspecified atom stereocenters. The highest BCUT2D eigenvalue weighted by Crippen LogP contribution is 2.10. The molecule has 26 heteroatoms. The lowest BCUT2D eigenvalue weighted by atomic mass is 9.98. The van der Waals surface area contributed by atoms with Crippen LogP contribution in [0.5, 0.6) is 0 Å². The van der Waals surface area contributed by atoms with E-state index in [1.54, 1.807) is 13.8 Å². The van der Waals surface area contributed by atoms with Crippen molar-refractivity contribution in [2.45, 2.75) is 101 Å². The Morgan fingerprint density at radius 3 is 1.71 bits per heavy atom. The molecule has 0 radical (unpaired) electrons. The normalized spacial score (nSPS) is 14.3. The first-order chi connectivity index (χ1) is 27.7. The predicted molar refractivity (Wildman–Crippen MR) is 213 cm³/mol. The Morgan fingerprint density at radius 2 is 1.17 bits per heavy atom. The summed E-state index contributed by atoms with van der Waals surface area (Å²) in [7, 11) is 0. The van der Waals surface area contributed by atoms with E-state index in [1.807, 2.05) is 0 Å². The first-order valence-corrected chi connectivity index (χ1v) is 19.2. The maximum atomic E-state index is 13.4. The lowest BCUT2D eigenvalue weighted by Gasteiger charge is -2.27. The van der Waals surface area contributed by atoms with Crippen LogP contribution in [-0.2, 0) is 47.9 Å². The Hall–Kier alpha value is -5.76. The number of amides is 8. The molecule has 8 amide bonds. The third kappa shape index (κ3) is 22.7. The van der Waals surface area contributed by atoms with Gasteiger partial charge in [0.25, 0.3) is 0 Å². The van der Waals surface area contributed by atoms with Crippen LogP contribution in [0.15, 0.2) is 4.99 Å². The monoisotopic (exact) mass is 861 g/mol. The van der Waals surface area contributed by atoms with Gasteiger partial charge in [-0.2, -0.15) is 12.6 Å². The Balaban J connectivity index is 5.87. The lowest BCUT2D eigenvalue weighted by Crippen LogP contribution is -2.59. The fraction of sp³-hybridized carbons (Fsp3) is 0.667. The minimum atomic E-state index is -1.67. The minimum absolute atomic E-state index is 0.0205. The first kappa shape index (κ1) is 53.2. The van der Waals surface area contributed by atoms with Gasteiger partial charge in [0.15, 0.2) is 5.96 Å². The number of guanidine groups is 1. The number of nitrogens with zero attached hydrogens (tertiary/aromatic N) is 1. The van der Waals surface area contributed by atoms with Crippen LogP contribution in [0, 0.1) is 5.92 Å². The van der Waals surface area contributed by atoms with E-state index < -0.39 is 127 Å². The van der Waals surface area contributed by atoms with Gasteiger partial charge in [0.05, 0.1) is 25.4 Å². The summed E-state index contributed by atoms with van der Waals surface area (Å²) in [4.78, 5) is 129. The molecule has 0 bridgehead atoms. The number of hydrogen-bond donors (Lipinski definition) is 15. The number of carbonyl (C=O) groups excluding carboxylic acids is 8. The number of thiol groups is 1. The number of carboxylic acids is 2. The molecule has 0 heterocycles. The zero-order valence-electron chi connectivity index (χ0n) is 33.0. The summed E-state index contributed by atoms with van der Waals surface area (Å²) in [6, 6.07) is -8.38. The van der Waals surface area contributed by atoms with E-state index in [0.29, 0.717) is 25.8 Å². The van der Waals surface area contributed by atoms with Crippen molar-refractivity contribution >= 4 is 77.8 Å². The second-order valence-corrected chi connectivity index (χ2v) is 13.7. The van der Waals surface area contributed by atoms with Crippen LogP contribution in [0.4, 0.5) is 0 Å². The summed E-state index contributed by atoms with van der Waals surface area (Å²) in [5.41, 5.74) is 27.0. The lowest BCUT2D eigenvalue weighted by molar-refractivity contribution is -0.140. The van der Waals surface area contributed by atoms with E-state index in [4.69, 9.17) is 38.9 Å². The number of nitrogens with one attached hydrogen (secondary N) is 7. The van der Waals surface area contributed by atoms with E-state index in [-0.39, 0.29) is 37.5 Å². The molecule has 59 heavy (non-hydrogen) atoms. The number of rotatable bonds is 30. The number of carbonyl (C=O) groups is 10. The second-order valence-electron chi connectivity index (χ2n) is 13.3. The smallest absolute Gasteiger partial charge is 0.322 e. The number of aliphatic carboxylic acids is 2. The molecule has 0 aliphatic heterocycles. The molecule has 25 nitrogen and oxygen atoms in total. The molecule has 19 N–H and O–H groups in total. The van der Waals surface area contributed by atoms with Crippen LogP contribution in [0.2, 0.25) is 0 Å². The average Bonchev–Trinajstić information content (AvgIpc) is 3.16. The van der Waals surface area contributed by atoms with E-state index >= 15 is 0 Å². The molecule has 0 saturated heterocycles. The Morgan fingerprint density at radius 1 is 0.644 bits per heavy atom. The highest BCUT2D eigenvalue weighted by molar-refractivity contribution is 7.80. The minimum Gasteiger partial charge on any atom is -0.481 e. The molecule has 0 aromatic rings. The number of unbranched alkanes of at least 4 members (excludes halogenated alkanes) is 1. The van der Waals surface area contributed by atoms with Crippen molar-refractivity contribution in [3.8, 4) is 0 Å². The zero-order valence-corrected chi connectivity index (χ0v) is 33.9. The molecular weight excluding hydrogens is 803 g/mol. The van der Waals surface area contributed by atoms with E-state index in [1.165, 1.54) is 0 Å². The topological polar surface area (TPSA) is 438 Å². The number of primary amides is 1. The number of aliphatic imine (C=N–C) groups is 1. The van der Waals surface area contributed by atoms with Crippen LogP contribution in [-0.4, -0.2) is 144 Å². The maximum absolute atomic E-state index is 13.4. The fourth-order valence-electron chi connectivity index (χ4n) is 5.01. The number of hydrogen-bond acceptors (Lipinski definition) is 14. The van der Waals surface area contributed by atoms with Crippen molar-refractivity contribution in [3.05, 3.63) is 0 Å². The summed E-state index contributed by atoms with van der Waals surface area (Å²) < 4.78 is 0. The molecule has 0 aliphatic rings. The standard InChI is InChI=1S/C33H59N13O12S/c1-3-16(2)26(32(58)45-21(15-59)31(57)43-18(7-4-5-9-34)28(54)41-14-25(51)52)46-23(48)13-40-29(55)20(12-22(36)47)44-30(56)19(8-6-10-39-33(37)38)42-27(53)17(35)11-24(49)50/h16-21,26,59H,3-15,34-35H2,1-2H3,(H2,36,47)(H,40,55)(H,41,54)(H,42,53)(H,43,57)(H,44,56)(H,45,58)(H,46,48)(H,49,50)(H,51,52)(H4,37,38,39)/t16-,17-,18-,19-,20-,21-,26-/m0/s1. The quantitative estimate of drug-likeness (QED) is 0.0138. The van der Waals surface area contributed by atoms with Crippen LogP contribution in [0.1, 0.15) is 65.2 Å². The second kappa shape index (κ2) is 28.6. The number of carboxylic acid groups (broad SMARTS) is 2. The van der Waals surface area contributed by atoms with Gasteiger partial charge < -0.3 is 76.1 Å². The van der Waals surface area contributed by atoms with Gasteiger partial charge in [-0.25, -0.2) is 0 Å². The van der Waals surface area contributed by atoms with Gasteiger partial charge in [0.2, 0.25) is 47.3 Å². The van der Waals surface area contributed by atoms with E-state index in [2.05, 4.69) is 54.8 Å². The van der Waals surface area contributed by atoms with Crippen molar-refractivity contribution in [3.63, 3.8) is 0 Å². The van der Waals surface area contributed by atoms with Gasteiger partial charge in [-0.05, 0) is 44.6 Å². The van der Waals surface area contributed by atoms with E-state index in [9.17, 15) is 47.9 Å². The molecule has 0 aliphatic carbocycles. The summed E-state index contributed by atoms with van der Waals surface area (Å²) >= 11 is 4.14. The largest absolute Gasteiger partial charge is 0.481 e. The third-order valence-corrected chi connectivity index (χ3v) is 8.76. The Labute approximate surface area is 345 Å². The van der Waals surface area contributed by atoms with Crippen molar-refractivity contribution in [1.82, 2.24) is 37.2 Å². The van der Waals surface area contributed by atoms with Crippen molar-refractivity contribution < 1.29 is 58.2 Å². The van der Waals surface area contributed by atoms with Crippen molar-refractivity contribution in [2.75, 3.05) is 31.9 Å². The van der Waals surface area contributed by atoms with Crippen LogP contribution < -0.4 is 65.9 Å². The van der Waals surface area contributed by atoms with E-state index in [0.717, 1.165) is 0 Å². The summed E-state index contributed by atoms with van der Waals surface area (Å²) in [5.74, 6) is -11.1. The van der Waals surface area contributed by atoms with Crippen LogP contribution in [0.3, 0.4) is 0 Å². The van der Waals surface area contributed by atoms with Gasteiger partial charge in [-0.3, -0.25) is 52.9 Å². The first-order valence-electron chi connectivity index (χ1n) is 18.6. The molecule has 7 atom stereocenters. The Kier molecular flexibility index (Phi) is 25.8. The molecule has 0 saturated carbocycles. The van der Waals surface area contributed by atoms with Crippen LogP contribution in [0.25, 0.3) is 0 Å². The summed E-state index contributed by atoms with van der Waals surface area (Å²) in [5, 5.41) is 34.3. The molecule has 334 valence electrons. The molecule has 0 aromatic heterocycles. The van der Waals surface area contributed by atoms with Crippen molar-refractivity contribution in [2.24, 2.45) is 39.6 Å². The highest BCUT2D eigenvalue weighted by atomic mass is 32.1. The highest BCUT2D eigenvalue weighted by Gasteiger charge is 2.33. The maximum Gasteiger partial charge on any atom is 0.322 e. The van der Waals surface area contributed by atoms with Gasteiger partial charge in [-0.15, -0.1) is 0 Å². The van der Waals surface area contributed by atoms with Gasteiger partial charge in [0.1, 0.15) is 36.8 Å². The van der Waals surface area contributed by atoms with Crippen LogP contribution >= 0.6 is 12.6 Å². The fourth-order valence-corrected chi connectivity index (χ4v) is 5.26. The molecule has 0 fully saturated rings. The summed E-state index contributed by atoms with van der Waals surface area (Å²) in [6.07, 6.45) is -0.138. The van der Waals surface area contributed by atoms with Gasteiger partial charge >= 0.3 is 11.9 Å². The third-order valence-electron chi connectivity index (χ3n) is 8.39. The van der Waals surface area contributed by atoms with Gasteiger partial charge in [0, 0.05) is 12.3 Å². The zero-order chi connectivity index (χ0) is 45.2. The molecule has 0 rings (SSSR count). The summed E-state index contributed by atoms with van der Waals surface area (Å²) in [6.45, 7) is 2.20. The van der Waals surface area contributed by atoms with Gasteiger partial charge in [-0.1, -0.05) is 20.3 Å². The average molecular weight is 862 g/mol. The number of nitrogens with two attached hydrogens (primary N) is 5. The molecular formula is C33H59N13O12S.